The van der Waals surface area contributed by atoms with E-state index in [1.807, 2.05) is 36.4 Å². The molecular weight excluding hydrogens is 450 g/mol. The summed E-state index contributed by atoms with van der Waals surface area (Å²) in [5.74, 6) is -0.255. The number of aromatic amines is 1. The van der Waals surface area contributed by atoms with Crippen molar-refractivity contribution in [1.82, 2.24) is 10.3 Å². The number of halogens is 1. The molecule has 0 saturated heterocycles. The number of aromatic hydroxyl groups is 1. The lowest BCUT2D eigenvalue weighted by molar-refractivity contribution is -0.432. The highest BCUT2D eigenvalue weighted by molar-refractivity contribution is 9.10. The fraction of sp³-hybridized carbons (Fsp3) is 0.0909. The fourth-order valence-corrected chi connectivity index (χ4v) is 4.51. The molecule has 7 nitrogen and oxygen atoms in total. The van der Waals surface area contributed by atoms with Gasteiger partial charge >= 0.3 is 5.70 Å². The lowest BCUT2D eigenvalue weighted by Gasteiger charge is -2.26. The first-order valence-corrected chi connectivity index (χ1v) is 10.0. The van der Waals surface area contributed by atoms with Crippen LogP contribution in [0.15, 0.2) is 70.7 Å². The SMILES string of the molecule is CNC1=C([N+](=O)[O-])C(c2ccc3[nH]c4ccccc4c3c2O)c2cc(Br)ccc2O1. The van der Waals surface area contributed by atoms with Crippen LogP contribution < -0.4 is 10.1 Å². The van der Waals surface area contributed by atoms with Crippen molar-refractivity contribution >= 4 is 37.7 Å². The summed E-state index contributed by atoms with van der Waals surface area (Å²) in [7, 11) is 1.57. The van der Waals surface area contributed by atoms with E-state index in [2.05, 4.69) is 26.2 Å². The molecule has 3 aromatic carbocycles. The second kappa shape index (κ2) is 6.77. The minimum Gasteiger partial charge on any atom is -0.507 e. The molecule has 0 radical (unpaired) electrons. The quantitative estimate of drug-likeness (QED) is 0.292. The second-order valence-corrected chi connectivity index (χ2v) is 7.95. The molecule has 4 aromatic rings. The molecule has 3 N–H and O–H groups in total. The van der Waals surface area contributed by atoms with Gasteiger partial charge in [0.2, 0.25) is 0 Å². The largest absolute Gasteiger partial charge is 0.507 e. The van der Waals surface area contributed by atoms with Gasteiger partial charge in [-0.15, -0.1) is 0 Å². The average molecular weight is 466 g/mol. The molecule has 0 aliphatic carbocycles. The van der Waals surface area contributed by atoms with E-state index in [-0.39, 0.29) is 17.3 Å². The maximum atomic E-state index is 12.1. The molecule has 0 spiro atoms. The number of aromatic nitrogens is 1. The van der Waals surface area contributed by atoms with Crippen LogP contribution >= 0.6 is 15.9 Å². The van der Waals surface area contributed by atoms with Gasteiger partial charge in [-0.05, 0) is 30.3 Å². The van der Waals surface area contributed by atoms with E-state index in [0.717, 1.165) is 20.9 Å². The van der Waals surface area contributed by atoms with Crippen molar-refractivity contribution in [2.45, 2.75) is 5.92 Å². The van der Waals surface area contributed by atoms with Gasteiger partial charge in [0.25, 0.3) is 5.88 Å². The number of phenols is 1. The van der Waals surface area contributed by atoms with Crippen LogP contribution in [0.1, 0.15) is 17.0 Å². The summed E-state index contributed by atoms with van der Waals surface area (Å²) in [6.07, 6.45) is 0. The molecule has 1 aromatic heterocycles. The molecule has 30 heavy (non-hydrogen) atoms. The summed E-state index contributed by atoms with van der Waals surface area (Å²) in [5, 5.41) is 27.7. The number of nitrogens with one attached hydrogen (secondary N) is 2. The van der Waals surface area contributed by atoms with Gasteiger partial charge in [0.05, 0.1) is 10.4 Å². The van der Waals surface area contributed by atoms with Crippen LogP contribution in [0.4, 0.5) is 0 Å². The maximum Gasteiger partial charge on any atom is 0.317 e. The van der Waals surface area contributed by atoms with E-state index in [1.165, 1.54) is 0 Å². The van der Waals surface area contributed by atoms with Crippen molar-refractivity contribution in [3.63, 3.8) is 0 Å². The number of allylic oxidation sites excluding steroid dienone is 1. The normalized spacial score (nSPS) is 15.9. The van der Waals surface area contributed by atoms with Crippen LogP contribution in [-0.4, -0.2) is 22.1 Å². The Bertz CT molecular complexity index is 1380. The first-order chi connectivity index (χ1) is 14.5. The molecule has 1 aliphatic heterocycles. The Morgan fingerprint density at radius 1 is 1.13 bits per heavy atom. The number of rotatable bonds is 3. The standard InChI is InChI=1S/C22H16BrN3O4/c1-24-22-20(26(28)29)18(14-10-11(23)6-9-17(14)30-22)13-7-8-16-19(21(13)27)12-4-2-3-5-15(12)25-16/h2-10,18,24-25,27H,1H3. The number of hydrogen-bond acceptors (Lipinski definition) is 5. The van der Waals surface area contributed by atoms with Crippen molar-refractivity contribution in [1.29, 1.82) is 0 Å². The van der Waals surface area contributed by atoms with Gasteiger partial charge < -0.3 is 20.1 Å². The molecular formula is C22H16BrN3O4. The molecule has 0 amide bonds. The summed E-state index contributed by atoms with van der Waals surface area (Å²) in [6, 6.07) is 16.6. The minimum absolute atomic E-state index is 0.0116. The molecule has 1 atom stereocenters. The number of fused-ring (bicyclic) bond motifs is 4. The molecule has 0 fully saturated rings. The van der Waals surface area contributed by atoms with Crippen LogP contribution in [0.25, 0.3) is 21.8 Å². The second-order valence-electron chi connectivity index (χ2n) is 7.04. The Labute approximate surface area is 179 Å². The third kappa shape index (κ3) is 2.64. The van der Waals surface area contributed by atoms with Crippen LogP contribution in [0.3, 0.4) is 0 Å². The van der Waals surface area contributed by atoms with Gasteiger partial charge in [-0.2, -0.15) is 0 Å². The zero-order valence-electron chi connectivity index (χ0n) is 15.8. The van der Waals surface area contributed by atoms with Crippen LogP contribution in [0.2, 0.25) is 0 Å². The van der Waals surface area contributed by atoms with Crippen LogP contribution in [0, 0.1) is 10.1 Å². The van der Waals surface area contributed by atoms with Crippen molar-refractivity contribution < 1.29 is 14.8 Å². The predicted molar refractivity (Wildman–Crippen MR) is 117 cm³/mol. The Balaban J connectivity index is 1.85. The number of nitrogens with zero attached hydrogens (tertiary/aromatic N) is 1. The fourth-order valence-electron chi connectivity index (χ4n) is 4.13. The summed E-state index contributed by atoms with van der Waals surface area (Å²) >= 11 is 3.44. The summed E-state index contributed by atoms with van der Waals surface area (Å²) in [5.41, 5.74) is 2.53. The summed E-state index contributed by atoms with van der Waals surface area (Å²) < 4.78 is 6.52. The third-order valence-electron chi connectivity index (χ3n) is 5.41. The Hall–Kier alpha value is -3.52. The maximum absolute atomic E-state index is 12.1. The lowest BCUT2D eigenvalue weighted by Crippen LogP contribution is -2.27. The molecule has 150 valence electrons. The highest BCUT2D eigenvalue weighted by Crippen LogP contribution is 2.48. The van der Waals surface area contributed by atoms with Gasteiger partial charge in [-0.3, -0.25) is 10.1 Å². The van der Waals surface area contributed by atoms with Gasteiger partial charge in [0.1, 0.15) is 17.4 Å². The van der Waals surface area contributed by atoms with E-state index in [9.17, 15) is 15.2 Å². The van der Waals surface area contributed by atoms with Gasteiger partial charge in [-0.1, -0.05) is 40.2 Å². The zero-order chi connectivity index (χ0) is 21.0. The van der Waals surface area contributed by atoms with E-state index >= 15 is 0 Å². The smallest absolute Gasteiger partial charge is 0.317 e. The molecule has 1 aliphatic rings. The number of H-pyrrole nitrogens is 1. The number of phenolic OH excluding ortho intramolecular Hbond substituents is 1. The van der Waals surface area contributed by atoms with Crippen LogP contribution in [-0.2, 0) is 0 Å². The number of ether oxygens (including phenoxy) is 1. The van der Waals surface area contributed by atoms with E-state index in [0.29, 0.717) is 22.3 Å². The monoisotopic (exact) mass is 465 g/mol. The zero-order valence-corrected chi connectivity index (χ0v) is 17.4. The average Bonchev–Trinajstić information content (AvgIpc) is 3.12. The summed E-state index contributed by atoms with van der Waals surface area (Å²) in [4.78, 5) is 14.9. The lowest BCUT2D eigenvalue weighted by atomic mass is 9.85. The van der Waals surface area contributed by atoms with Crippen molar-refractivity contribution in [2.75, 3.05) is 7.05 Å². The molecule has 5 rings (SSSR count). The van der Waals surface area contributed by atoms with Crippen molar-refractivity contribution in [3.8, 4) is 11.5 Å². The molecule has 2 heterocycles. The predicted octanol–water partition coefficient (Wildman–Crippen LogP) is 4.98. The Kier molecular flexibility index (Phi) is 4.18. The van der Waals surface area contributed by atoms with Crippen molar-refractivity contribution in [2.24, 2.45) is 0 Å². The molecule has 1 unspecified atom stereocenters. The highest BCUT2D eigenvalue weighted by atomic mass is 79.9. The summed E-state index contributed by atoms with van der Waals surface area (Å²) in [6.45, 7) is 0. The number of nitro groups is 1. The molecule has 0 saturated carbocycles. The molecule has 8 heteroatoms. The highest BCUT2D eigenvalue weighted by Gasteiger charge is 2.41. The topological polar surface area (TPSA) is 100 Å². The van der Waals surface area contributed by atoms with Gasteiger partial charge in [0, 0.05) is 38.9 Å². The Morgan fingerprint density at radius 3 is 2.70 bits per heavy atom. The van der Waals surface area contributed by atoms with E-state index in [4.69, 9.17) is 4.74 Å². The third-order valence-corrected chi connectivity index (χ3v) is 5.90. The first kappa shape index (κ1) is 18.5. The van der Waals surface area contributed by atoms with E-state index in [1.54, 1.807) is 25.2 Å². The first-order valence-electron chi connectivity index (χ1n) is 9.25. The van der Waals surface area contributed by atoms with Crippen LogP contribution in [0.5, 0.6) is 11.5 Å². The number of para-hydroxylation sites is 1. The minimum atomic E-state index is -0.818. The number of hydrogen-bond donors (Lipinski definition) is 3. The van der Waals surface area contributed by atoms with E-state index < -0.39 is 10.8 Å². The molecule has 0 bridgehead atoms. The number of benzene rings is 3. The van der Waals surface area contributed by atoms with Gasteiger partial charge in [0.15, 0.2) is 0 Å². The Morgan fingerprint density at radius 2 is 1.93 bits per heavy atom. The van der Waals surface area contributed by atoms with Crippen molar-refractivity contribution in [3.05, 3.63) is 91.9 Å². The van der Waals surface area contributed by atoms with Gasteiger partial charge in [-0.25, -0.2) is 0 Å².